The Bertz CT molecular complexity index is 1450. The zero-order valence-electron chi connectivity index (χ0n) is 23.8. The molecule has 0 aliphatic rings. The van der Waals surface area contributed by atoms with E-state index in [0.29, 0.717) is 22.8 Å². The number of amides is 2. The van der Waals surface area contributed by atoms with E-state index in [1.54, 1.807) is 61.5 Å². The minimum Gasteiger partial charge on any atom is -0.497 e. The molecule has 1 N–H and O–H groups in total. The van der Waals surface area contributed by atoms with Crippen LogP contribution < -0.4 is 19.1 Å². The number of benzene rings is 3. The van der Waals surface area contributed by atoms with Crippen molar-refractivity contribution < 1.29 is 27.5 Å². The third-order valence-electron chi connectivity index (χ3n) is 6.38. The molecule has 0 spiro atoms. The first-order chi connectivity index (χ1) is 19.5. The van der Waals surface area contributed by atoms with Crippen LogP contribution in [-0.4, -0.2) is 58.0 Å². The standard InChI is InChI=1S/C30H36ClN3O6S/c1-6-26(30(36)32-21(2)3)33(19-22-12-10-11-15-25(22)31)29(35)20-34(41(37,38)24-13-8-7-9-14-24)27-18-23(39-4)16-17-28(27)40-5/h7-18,21,26H,6,19-20H2,1-5H3,(H,32,36)/t26-/m0/s1. The van der Waals surface area contributed by atoms with Crippen LogP contribution in [0.5, 0.6) is 11.5 Å². The Morgan fingerprint density at radius 2 is 1.61 bits per heavy atom. The van der Waals surface area contributed by atoms with Crippen molar-refractivity contribution in [2.75, 3.05) is 25.1 Å². The molecule has 0 heterocycles. The largest absolute Gasteiger partial charge is 0.497 e. The molecule has 0 saturated heterocycles. The number of rotatable bonds is 13. The number of hydrogen-bond donors (Lipinski definition) is 1. The molecular formula is C30H36ClN3O6S. The Labute approximate surface area is 247 Å². The summed E-state index contributed by atoms with van der Waals surface area (Å²) in [5.74, 6) is -0.350. The van der Waals surface area contributed by atoms with Crippen LogP contribution in [-0.2, 0) is 26.2 Å². The number of nitrogens with zero attached hydrogens (tertiary/aromatic N) is 2. The van der Waals surface area contributed by atoms with E-state index >= 15 is 0 Å². The molecule has 3 aromatic rings. The Morgan fingerprint density at radius 1 is 0.951 bits per heavy atom. The van der Waals surface area contributed by atoms with Crippen LogP contribution in [0, 0.1) is 0 Å². The number of ether oxygens (including phenoxy) is 2. The molecule has 0 bridgehead atoms. The van der Waals surface area contributed by atoms with Gasteiger partial charge < -0.3 is 19.7 Å². The second kappa shape index (κ2) is 14.2. The highest BCUT2D eigenvalue weighted by atomic mass is 35.5. The van der Waals surface area contributed by atoms with Gasteiger partial charge in [-0.05, 0) is 56.2 Å². The minimum absolute atomic E-state index is 0.00298. The monoisotopic (exact) mass is 601 g/mol. The van der Waals surface area contributed by atoms with Crippen molar-refractivity contribution in [2.45, 2.75) is 50.7 Å². The third-order valence-corrected chi connectivity index (χ3v) is 8.52. The summed E-state index contributed by atoms with van der Waals surface area (Å²) < 4.78 is 39.9. The highest BCUT2D eigenvalue weighted by Gasteiger charge is 2.35. The number of methoxy groups -OCH3 is 2. The van der Waals surface area contributed by atoms with Crippen molar-refractivity contribution in [1.82, 2.24) is 10.2 Å². The van der Waals surface area contributed by atoms with Gasteiger partial charge in [0.1, 0.15) is 24.1 Å². The van der Waals surface area contributed by atoms with Gasteiger partial charge in [0.15, 0.2) is 0 Å². The number of anilines is 1. The van der Waals surface area contributed by atoms with Crippen molar-refractivity contribution in [3.8, 4) is 11.5 Å². The van der Waals surface area contributed by atoms with Crippen LogP contribution in [0.4, 0.5) is 5.69 Å². The highest BCUT2D eigenvalue weighted by molar-refractivity contribution is 7.92. The summed E-state index contributed by atoms with van der Waals surface area (Å²) >= 11 is 6.44. The molecule has 0 saturated carbocycles. The number of nitrogens with one attached hydrogen (secondary N) is 1. The molecule has 3 rings (SSSR count). The summed E-state index contributed by atoms with van der Waals surface area (Å²) in [6, 6.07) is 18.5. The Balaban J connectivity index is 2.15. The smallest absolute Gasteiger partial charge is 0.264 e. The predicted molar refractivity (Wildman–Crippen MR) is 160 cm³/mol. The maximum atomic E-state index is 14.2. The first-order valence-electron chi connectivity index (χ1n) is 13.2. The molecule has 9 nitrogen and oxygen atoms in total. The average Bonchev–Trinajstić information content (AvgIpc) is 2.96. The number of sulfonamides is 1. The van der Waals surface area contributed by atoms with Gasteiger partial charge >= 0.3 is 0 Å². The minimum atomic E-state index is -4.27. The van der Waals surface area contributed by atoms with Gasteiger partial charge in [-0.25, -0.2) is 8.42 Å². The molecular weight excluding hydrogens is 566 g/mol. The van der Waals surface area contributed by atoms with Gasteiger partial charge in [-0.1, -0.05) is 54.9 Å². The van der Waals surface area contributed by atoms with E-state index in [2.05, 4.69) is 5.32 Å². The molecule has 0 aliphatic carbocycles. The van der Waals surface area contributed by atoms with Gasteiger partial charge in [0, 0.05) is 23.7 Å². The summed E-state index contributed by atoms with van der Waals surface area (Å²) in [4.78, 5) is 28.8. The Kier molecular flexibility index (Phi) is 11.0. The van der Waals surface area contributed by atoms with Gasteiger partial charge in [-0.15, -0.1) is 0 Å². The van der Waals surface area contributed by atoms with E-state index < -0.39 is 28.5 Å². The van der Waals surface area contributed by atoms with E-state index in [1.165, 1.54) is 37.3 Å². The van der Waals surface area contributed by atoms with Crippen molar-refractivity contribution in [1.29, 1.82) is 0 Å². The van der Waals surface area contributed by atoms with E-state index in [0.717, 1.165) is 4.31 Å². The second-order valence-electron chi connectivity index (χ2n) is 9.56. The molecule has 220 valence electrons. The fourth-order valence-corrected chi connectivity index (χ4v) is 5.97. The van der Waals surface area contributed by atoms with Crippen LogP contribution in [0.25, 0.3) is 0 Å². The summed E-state index contributed by atoms with van der Waals surface area (Å²) in [5, 5.41) is 3.29. The first kappa shape index (κ1) is 31.8. The van der Waals surface area contributed by atoms with E-state index in [-0.39, 0.29) is 34.8 Å². The molecule has 0 unspecified atom stereocenters. The zero-order valence-corrected chi connectivity index (χ0v) is 25.4. The van der Waals surface area contributed by atoms with Crippen molar-refractivity contribution in [3.63, 3.8) is 0 Å². The summed E-state index contributed by atoms with van der Waals surface area (Å²) in [5.41, 5.74) is 0.733. The van der Waals surface area contributed by atoms with Crippen molar-refractivity contribution >= 4 is 39.1 Å². The SMILES string of the molecule is CC[C@@H](C(=O)NC(C)C)N(Cc1ccccc1Cl)C(=O)CN(c1cc(OC)ccc1OC)S(=O)(=O)c1ccccc1. The molecule has 41 heavy (non-hydrogen) atoms. The van der Waals surface area contributed by atoms with Crippen LogP contribution in [0.3, 0.4) is 0 Å². The molecule has 1 atom stereocenters. The van der Waals surface area contributed by atoms with E-state index in [4.69, 9.17) is 21.1 Å². The molecule has 0 aliphatic heterocycles. The van der Waals surface area contributed by atoms with Gasteiger partial charge in [0.2, 0.25) is 11.8 Å². The fraction of sp³-hybridized carbons (Fsp3) is 0.333. The second-order valence-corrected chi connectivity index (χ2v) is 11.8. The lowest BCUT2D eigenvalue weighted by Gasteiger charge is -2.34. The topological polar surface area (TPSA) is 105 Å². The maximum Gasteiger partial charge on any atom is 0.264 e. The lowest BCUT2D eigenvalue weighted by Crippen LogP contribution is -2.53. The van der Waals surface area contributed by atoms with Crippen molar-refractivity contribution in [3.05, 3.63) is 83.4 Å². The Hall–Kier alpha value is -3.76. The van der Waals surface area contributed by atoms with Gasteiger partial charge in [0.25, 0.3) is 10.0 Å². The van der Waals surface area contributed by atoms with E-state index in [1.807, 2.05) is 13.8 Å². The van der Waals surface area contributed by atoms with Gasteiger partial charge in [0.05, 0.1) is 24.8 Å². The molecule has 0 fully saturated rings. The first-order valence-corrected chi connectivity index (χ1v) is 15.0. The summed E-state index contributed by atoms with van der Waals surface area (Å²) in [6.45, 7) is 4.83. The molecule has 0 aromatic heterocycles. The Morgan fingerprint density at radius 3 is 2.20 bits per heavy atom. The molecule has 2 amide bonds. The summed E-state index contributed by atoms with van der Waals surface area (Å²) in [7, 11) is -1.40. The third kappa shape index (κ3) is 7.71. The lowest BCUT2D eigenvalue weighted by atomic mass is 10.1. The van der Waals surface area contributed by atoms with Gasteiger partial charge in [-0.3, -0.25) is 13.9 Å². The number of hydrogen-bond acceptors (Lipinski definition) is 6. The molecule has 11 heteroatoms. The quantitative estimate of drug-likeness (QED) is 0.299. The highest BCUT2D eigenvalue weighted by Crippen LogP contribution is 2.36. The average molecular weight is 602 g/mol. The zero-order chi connectivity index (χ0) is 30.2. The normalized spacial score (nSPS) is 12.0. The maximum absolute atomic E-state index is 14.2. The lowest BCUT2D eigenvalue weighted by molar-refractivity contribution is -0.140. The van der Waals surface area contributed by atoms with Crippen LogP contribution in [0.15, 0.2) is 77.7 Å². The van der Waals surface area contributed by atoms with Crippen LogP contribution in [0.2, 0.25) is 5.02 Å². The fourth-order valence-electron chi connectivity index (χ4n) is 4.34. The number of halogens is 1. The van der Waals surface area contributed by atoms with Crippen LogP contribution in [0.1, 0.15) is 32.8 Å². The van der Waals surface area contributed by atoms with Crippen molar-refractivity contribution in [2.24, 2.45) is 0 Å². The van der Waals surface area contributed by atoms with Gasteiger partial charge in [-0.2, -0.15) is 0 Å². The number of carbonyl (C=O) groups is 2. The predicted octanol–water partition coefficient (Wildman–Crippen LogP) is 4.88. The molecule has 0 radical (unpaired) electrons. The molecule has 3 aromatic carbocycles. The number of carbonyl (C=O) groups excluding carboxylic acids is 2. The van der Waals surface area contributed by atoms with E-state index in [9.17, 15) is 18.0 Å². The van der Waals surface area contributed by atoms with Crippen LogP contribution >= 0.6 is 11.6 Å². The summed E-state index contributed by atoms with van der Waals surface area (Å²) in [6.07, 6.45) is 0.294.